The molecule has 0 spiro atoms. The number of aliphatic carboxylic acids is 1. The van der Waals surface area contributed by atoms with E-state index in [1.807, 2.05) is 0 Å². The van der Waals surface area contributed by atoms with Gasteiger partial charge in [-0.3, -0.25) is 4.79 Å². The summed E-state index contributed by atoms with van der Waals surface area (Å²) in [7, 11) is 0. The molecule has 1 aliphatic heterocycles. The van der Waals surface area contributed by atoms with Crippen molar-refractivity contribution in [3.63, 3.8) is 0 Å². The zero-order valence-electron chi connectivity index (χ0n) is 9.99. The topological polar surface area (TPSA) is 81.8 Å². The van der Waals surface area contributed by atoms with Crippen LogP contribution in [0.3, 0.4) is 0 Å². The number of benzene rings is 1. The lowest BCUT2D eigenvalue weighted by Gasteiger charge is -2.22. The summed E-state index contributed by atoms with van der Waals surface area (Å²) in [5.74, 6) is -0.771. The average Bonchev–Trinajstić information content (AvgIpc) is 2.40. The molecule has 2 rings (SSSR count). The lowest BCUT2D eigenvalue weighted by molar-refractivity contribution is -0.137. The Morgan fingerprint density at radius 2 is 2.21 bits per heavy atom. The smallest absolute Gasteiger partial charge is 0.303 e. The maximum atomic E-state index is 14.2. The highest BCUT2D eigenvalue weighted by molar-refractivity contribution is 9.10. The van der Waals surface area contributed by atoms with Gasteiger partial charge in [-0.05, 0) is 28.4 Å². The van der Waals surface area contributed by atoms with E-state index >= 15 is 0 Å². The van der Waals surface area contributed by atoms with Gasteiger partial charge in [0.15, 0.2) is 11.5 Å². The van der Waals surface area contributed by atoms with Gasteiger partial charge in [-0.1, -0.05) is 0 Å². The quantitative estimate of drug-likeness (QED) is 0.882. The molecular formula is C12H13BrFNO4. The van der Waals surface area contributed by atoms with Crippen molar-refractivity contribution in [2.75, 3.05) is 13.2 Å². The summed E-state index contributed by atoms with van der Waals surface area (Å²) in [4.78, 5) is 10.5. The summed E-state index contributed by atoms with van der Waals surface area (Å²) in [6.07, 6.45) is 0.0327. The number of ether oxygens (including phenoxy) is 2. The molecule has 19 heavy (non-hydrogen) atoms. The van der Waals surface area contributed by atoms with Crippen LogP contribution in [-0.4, -0.2) is 24.3 Å². The van der Waals surface area contributed by atoms with Gasteiger partial charge in [0.05, 0.1) is 4.47 Å². The molecule has 7 heteroatoms. The van der Waals surface area contributed by atoms with Gasteiger partial charge in [0.25, 0.3) is 0 Å². The van der Waals surface area contributed by atoms with Gasteiger partial charge in [0.2, 0.25) is 0 Å². The molecule has 0 amide bonds. The molecule has 104 valence electrons. The van der Waals surface area contributed by atoms with Crippen LogP contribution < -0.4 is 15.2 Å². The van der Waals surface area contributed by atoms with Gasteiger partial charge >= 0.3 is 5.97 Å². The van der Waals surface area contributed by atoms with Crippen LogP contribution in [0.15, 0.2) is 10.5 Å². The standard InChI is InChI=1S/C12H13BrFNO4/c13-10-11(14)6(7(15)1-2-9(16)17)5-8-12(10)19-4-3-18-8/h5,7H,1-4,15H2,(H,16,17). The minimum absolute atomic E-state index is 0.118. The lowest BCUT2D eigenvalue weighted by atomic mass is 10.0. The van der Waals surface area contributed by atoms with Gasteiger partial charge in [-0.25, -0.2) is 4.39 Å². The van der Waals surface area contributed by atoms with Crippen molar-refractivity contribution in [1.29, 1.82) is 0 Å². The van der Waals surface area contributed by atoms with E-state index in [1.54, 1.807) is 0 Å². The molecule has 0 aromatic heterocycles. The number of nitrogens with two attached hydrogens (primary N) is 1. The highest BCUT2D eigenvalue weighted by Gasteiger charge is 2.24. The molecule has 0 bridgehead atoms. The highest BCUT2D eigenvalue weighted by Crippen LogP contribution is 2.42. The van der Waals surface area contributed by atoms with E-state index in [-0.39, 0.29) is 22.9 Å². The molecule has 0 radical (unpaired) electrons. The normalized spacial score (nSPS) is 15.1. The second kappa shape index (κ2) is 5.75. The summed E-state index contributed by atoms with van der Waals surface area (Å²) < 4.78 is 25.0. The number of hydrogen-bond acceptors (Lipinski definition) is 4. The molecule has 1 aromatic carbocycles. The Morgan fingerprint density at radius 3 is 2.89 bits per heavy atom. The molecule has 1 unspecified atom stereocenters. The Bertz CT molecular complexity index is 509. The third-order valence-electron chi connectivity index (χ3n) is 2.81. The second-order valence-electron chi connectivity index (χ2n) is 4.16. The number of carboxylic acid groups (broad SMARTS) is 1. The molecule has 3 N–H and O–H groups in total. The van der Waals surface area contributed by atoms with Gasteiger partial charge in [-0.2, -0.15) is 0 Å². The fourth-order valence-electron chi connectivity index (χ4n) is 1.85. The van der Waals surface area contributed by atoms with E-state index in [0.29, 0.717) is 24.7 Å². The molecule has 5 nitrogen and oxygen atoms in total. The van der Waals surface area contributed by atoms with Gasteiger partial charge in [0, 0.05) is 18.0 Å². The summed E-state index contributed by atoms with van der Waals surface area (Å²) in [5, 5.41) is 8.62. The number of fused-ring (bicyclic) bond motifs is 1. The van der Waals surface area contributed by atoms with Gasteiger partial charge < -0.3 is 20.3 Å². The summed E-state index contributed by atoms with van der Waals surface area (Å²) in [6.45, 7) is 0.740. The Hall–Kier alpha value is -1.34. The third-order valence-corrected chi connectivity index (χ3v) is 3.52. The molecule has 0 saturated carbocycles. The van der Waals surface area contributed by atoms with E-state index in [4.69, 9.17) is 20.3 Å². The Balaban J connectivity index is 2.30. The van der Waals surface area contributed by atoms with Crippen LogP contribution in [0.4, 0.5) is 4.39 Å². The SMILES string of the molecule is NC(CCC(=O)O)c1cc2c(c(Br)c1F)OCCO2. The van der Waals surface area contributed by atoms with Crippen LogP contribution in [0.2, 0.25) is 0 Å². The van der Waals surface area contributed by atoms with Crippen molar-refractivity contribution >= 4 is 21.9 Å². The fraction of sp³-hybridized carbons (Fsp3) is 0.417. The predicted octanol–water partition coefficient (Wildman–Crippen LogP) is 2.22. The molecule has 1 aliphatic rings. The minimum Gasteiger partial charge on any atom is -0.486 e. The number of halogens is 2. The van der Waals surface area contributed by atoms with Crippen LogP contribution in [0.5, 0.6) is 11.5 Å². The molecular weight excluding hydrogens is 321 g/mol. The lowest BCUT2D eigenvalue weighted by Crippen LogP contribution is -2.19. The first-order chi connectivity index (χ1) is 9.00. The number of rotatable bonds is 4. The van der Waals surface area contributed by atoms with Crippen LogP contribution in [0, 0.1) is 5.82 Å². The zero-order chi connectivity index (χ0) is 14.0. The molecule has 0 saturated heterocycles. The molecule has 1 heterocycles. The van der Waals surface area contributed by atoms with Crippen molar-refractivity contribution in [3.05, 3.63) is 21.9 Å². The Labute approximate surface area is 117 Å². The number of hydrogen-bond donors (Lipinski definition) is 2. The van der Waals surface area contributed by atoms with E-state index in [9.17, 15) is 9.18 Å². The van der Waals surface area contributed by atoms with Crippen LogP contribution in [0.1, 0.15) is 24.4 Å². The van der Waals surface area contributed by atoms with Crippen molar-refractivity contribution < 1.29 is 23.8 Å². The summed E-state index contributed by atoms with van der Waals surface area (Å²) >= 11 is 3.11. The largest absolute Gasteiger partial charge is 0.486 e. The van der Waals surface area contributed by atoms with Crippen molar-refractivity contribution in [3.8, 4) is 11.5 Å². The molecule has 0 aliphatic carbocycles. The van der Waals surface area contributed by atoms with Crippen molar-refractivity contribution in [2.24, 2.45) is 5.73 Å². The fourth-order valence-corrected chi connectivity index (χ4v) is 2.38. The highest BCUT2D eigenvalue weighted by atomic mass is 79.9. The van der Waals surface area contributed by atoms with Crippen molar-refractivity contribution in [2.45, 2.75) is 18.9 Å². The maximum absolute atomic E-state index is 14.2. The van der Waals surface area contributed by atoms with E-state index < -0.39 is 17.8 Å². The Morgan fingerprint density at radius 1 is 1.53 bits per heavy atom. The minimum atomic E-state index is -0.965. The van der Waals surface area contributed by atoms with Crippen LogP contribution in [0.25, 0.3) is 0 Å². The maximum Gasteiger partial charge on any atom is 0.303 e. The van der Waals surface area contributed by atoms with Crippen molar-refractivity contribution in [1.82, 2.24) is 0 Å². The first-order valence-corrected chi connectivity index (χ1v) is 6.55. The van der Waals surface area contributed by atoms with E-state index in [0.717, 1.165) is 0 Å². The van der Waals surface area contributed by atoms with Gasteiger partial charge in [-0.15, -0.1) is 0 Å². The Kier molecular flexibility index (Phi) is 4.26. The predicted molar refractivity (Wildman–Crippen MR) is 68.9 cm³/mol. The number of carbonyl (C=O) groups is 1. The van der Waals surface area contributed by atoms with E-state index in [1.165, 1.54) is 6.07 Å². The second-order valence-corrected chi connectivity index (χ2v) is 4.95. The molecule has 1 atom stereocenters. The monoisotopic (exact) mass is 333 g/mol. The summed E-state index contributed by atoms with van der Waals surface area (Å²) in [5.41, 5.74) is 6.05. The first-order valence-electron chi connectivity index (χ1n) is 5.75. The zero-order valence-corrected chi connectivity index (χ0v) is 11.6. The van der Waals surface area contributed by atoms with Crippen LogP contribution in [-0.2, 0) is 4.79 Å². The van der Waals surface area contributed by atoms with Crippen LogP contribution >= 0.6 is 15.9 Å². The number of carboxylic acids is 1. The van der Waals surface area contributed by atoms with E-state index in [2.05, 4.69) is 15.9 Å². The average molecular weight is 334 g/mol. The summed E-state index contributed by atoms with van der Waals surface area (Å²) in [6, 6.07) is 0.768. The molecule has 0 fully saturated rings. The first kappa shape index (κ1) is 14.1. The molecule has 1 aromatic rings. The van der Waals surface area contributed by atoms with Gasteiger partial charge in [0.1, 0.15) is 19.0 Å². The third kappa shape index (κ3) is 2.98.